The molecule has 3 aromatic rings. The quantitative estimate of drug-likeness (QED) is 0.468. The molecule has 8 nitrogen and oxygen atoms in total. The van der Waals surface area contributed by atoms with E-state index in [1.807, 2.05) is 6.92 Å². The molecule has 2 fully saturated rings. The number of benzene rings is 1. The summed E-state index contributed by atoms with van der Waals surface area (Å²) < 4.78 is 1.17. The van der Waals surface area contributed by atoms with Crippen molar-refractivity contribution in [2.75, 3.05) is 37.7 Å². The molecule has 0 radical (unpaired) electrons. The summed E-state index contributed by atoms with van der Waals surface area (Å²) in [7, 11) is 2.18. The van der Waals surface area contributed by atoms with E-state index in [2.05, 4.69) is 54.3 Å². The number of carbonyl (C=O) groups is 2. The van der Waals surface area contributed by atoms with Crippen LogP contribution in [0.4, 0.5) is 11.5 Å². The summed E-state index contributed by atoms with van der Waals surface area (Å²) in [5.74, 6) is -0.404. The number of nitrogens with two attached hydrogens (primary N) is 1. The zero-order valence-electron chi connectivity index (χ0n) is 22.8. The van der Waals surface area contributed by atoms with E-state index >= 15 is 0 Å². The van der Waals surface area contributed by atoms with E-state index in [1.54, 1.807) is 22.3 Å². The third kappa shape index (κ3) is 5.27. The Morgan fingerprint density at radius 1 is 1.21 bits per heavy atom. The van der Waals surface area contributed by atoms with Gasteiger partial charge in [0.05, 0.1) is 33.2 Å². The summed E-state index contributed by atoms with van der Waals surface area (Å²) >= 11 is 1.79. The number of hydrogen-bond donors (Lipinski definition) is 2. The molecule has 2 saturated heterocycles. The van der Waals surface area contributed by atoms with Crippen molar-refractivity contribution < 1.29 is 9.59 Å². The fourth-order valence-electron chi connectivity index (χ4n) is 5.65. The van der Waals surface area contributed by atoms with Gasteiger partial charge < -0.3 is 20.9 Å². The predicted octanol–water partition coefficient (Wildman–Crippen LogP) is 4.76. The van der Waals surface area contributed by atoms with Crippen molar-refractivity contribution >= 4 is 44.9 Å². The molecular weight excluding hydrogens is 496 g/mol. The van der Waals surface area contributed by atoms with Crippen LogP contribution < -0.4 is 11.1 Å². The molecule has 5 rings (SSSR count). The fraction of sp³-hybridized carbons (Fsp3) is 0.517. The van der Waals surface area contributed by atoms with Crippen LogP contribution in [0, 0.1) is 5.92 Å². The maximum absolute atomic E-state index is 13.4. The lowest BCUT2D eigenvalue weighted by atomic mass is 9.81. The van der Waals surface area contributed by atoms with Crippen LogP contribution in [0.2, 0.25) is 0 Å². The first-order chi connectivity index (χ1) is 18.2. The van der Waals surface area contributed by atoms with Gasteiger partial charge >= 0.3 is 11.8 Å². The van der Waals surface area contributed by atoms with Crippen LogP contribution in [0.15, 0.2) is 30.5 Å². The molecule has 0 bridgehead atoms. The highest BCUT2D eigenvalue weighted by molar-refractivity contribution is 7.18. The number of nitrogens with one attached hydrogen (secondary N) is 1. The van der Waals surface area contributed by atoms with Gasteiger partial charge in [0.1, 0.15) is 5.82 Å². The van der Waals surface area contributed by atoms with Gasteiger partial charge in [0, 0.05) is 12.0 Å². The number of anilines is 2. The third-order valence-electron chi connectivity index (χ3n) is 8.32. The highest BCUT2D eigenvalue weighted by atomic mass is 32.1. The molecule has 0 aliphatic carbocycles. The van der Waals surface area contributed by atoms with E-state index in [0.29, 0.717) is 30.4 Å². The van der Waals surface area contributed by atoms with Gasteiger partial charge in [-0.25, -0.2) is 9.97 Å². The standard InChI is InChI=1S/C29H38N6O2S/c1-5-19-14-21(16-31-25(19)30)32-26(36)27(37)35-17-18(2)6-8-23(35)20-7-9-24-22(15-20)33-28(38-24)29(3)10-12-34(4)13-11-29/h7,9,14-16,18,23H,5-6,8,10-13,17H2,1-4H3,(H2,30,31)(H,32,36)/t18-,23?/m0/s1. The number of carbonyl (C=O) groups excluding carboxylic acids is 2. The van der Waals surface area contributed by atoms with Crippen molar-refractivity contribution in [2.45, 2.75) is 64.3 Å². The molecule has 0 saturated carbocycles. The molecule has 38 heavy (non-hydrogen) atoms. The molecule has 2 atom stereocenters. The van der Waals surface area contributed by atoms with Gasteiger partial charge in [0.2, 0.25) is 0 Å². The van der Waals surface area contributed by atoms with Gasteiger partial charge in [-0.3, -0.25) is 9.59 Å². The first kappa shape index (κ1) is 26.6. The summed E-state index contributed by atoms with van der Waals surface area (Å²) in [6, 6.07) is 8.00. The number of thiazole rings is 1. The Kier molecular flexibility index (Phi) is 7.42. The number of hydrogen-bond acceptors (Lipinski definition) is 7. The third-order valence-corrected chi connectivity index (χ3v) is 9.66. The van der Waals surface area contributed by atoms with E-state index in [4.69, 9.17) is 10.7 Å². The van der Waals surface area contributed by atoms with Crippen molar-refractivity contribution in [3.63, 3.8) is 0 Å². The van der Waals surface area contributed by atoms with Gasteiger partial charge in [0.15, 0.2) is 0 Å². The van der Waals surface area contributed by atoms with Crippen molar-refractivity contribution in [1.29, 1.82) is 0 Å². The van der Waals surface area contributed by atoms with Crippen molar-refractivity contribution in [1.82, 2.24) is 19.8 Å². The van der Waals surface area contributed by atoms with Gasteiger partial charge in [-0.1, -0.05) is 26.8 Å². The largest absolute Gasteiger partial charge is 0.383 e. The highest BCUT2D eigenvalue weighted by Crippen LogP contribution is 2.40. The molecule has 2 amide bonds. The second kappa shape index (κ2) is 10.6. The van der Waals surface area contributed by atoms with E-state index in [1.165, 1.54) is 15.9 Å². The number of nitrogen functional groups attached to an aromatic ring is 1. The Hall–Kier alpha value is -3.04. The molecule has 3 N–H and O–H groups in total. The number of amides is 2. The lowest BCUT2D eigenvalue weighted by Gasteiger charge is -2.38. The summed E-state index contributed by atoms with van der Waals surface area (Å²) in [4.78, 5) is 39.9. The molecule has 2 aromatic heterocycles. The maximum atomic E-state index is 13.4. The number of pyridine rings is 1. The van der Waals surface area contributed by atoms with Crippen LogP contribution in [0.3, 0.4) is 0 Å². The molecule has 4 heterocycles. The van der Waals surface area contributed by atoms with Gasteiger partial charge in [-0.05, 0) is 87.5 Å². The Morgan fingerprint density at radius 2 is 1.97 bits per heavy atom. The molecule has 202 valence electrons. The minimum atomic E-state index is -0.648. The SMILES string of the molecule is CCc1cc(NC(=O)C(=O)N2C[C@@H](C)CCC2c2ccc3sc(C4(C)CCN(C)CC4)nc3c2)cnc1N. The highest BCUT2D eigenvalue weighted by Gasteiger charge is 2.36. The summed E-state index contributed by atoms with van der Waals surface area (Å²) in [6.07, 6.45) is 6.22. The molecule has 9 heteroatoms. The zero-order valence-corrected chi connectivity index (χ0v) is 23.6. The summed E-state index contributed by atoms with van der Waals surface area (Å²) in [5, 5.41) is 3.94. The van der Waals surface area contributed by atoms with Gasteiger partial charge in [-0.2, -0.15) is 0 Å². The monoisotopic (exact) mass is 534 g/mol. The van der Waals surface area contributed by atoms with E-state index in [-0.39, 0.29) is 11.5 Å². The lowest BCUT2D eigenvalue weighted by molar-refractivity contribution is -0.146. The number of nitrogens with zero attached hydrogens (tertiary/aromatic N) is 4. The van der Waals surface area contributed by atoms with Gasteiger partial charge in [0.25, 0.3) is 0 Å². The average molecular weight is 535 g/mol. The molecule has 1 aromatic carbocycles. The molecule has 0 spiro atoms. The number of rotatable bonds is 4. The van der Waals surface area contributed by atoms with E-state index < -0.39 is 11.8 Å². The summed E-state index contributed by atoms with van der Waals surface area (Å²) in [5.41, 5.74) is 9.34. The molecule has 1 unspecified atom stereocenters. The van der Waals surface area contributed by atoms with Crippen LogP contribution in [-0.4, -0.2) is 58.3 Å². The first-order valence-corrected chi connectivity index (χ1v) is 14.4. The van der Waals surface area contributed by atoms with Crippen LogP contribution >= 0.6 is 11.3 Å². The van der Waals surface area contributed by atoms with Crippen LogP contribution in [0.25, 0.3) is 10.2 Å². The minimum absolute atomic E-state index is 0.103. The average Bonchev–Trinajstić information content (AvgIpc) is 3.35. The molecule has 2 aliphatic heterocycles. The number of aryl methyl sites for hydroxylation is 1. The number of fused-ring (bicyclic) bond motifs is 1. The Balaban J connectivity index is 1.38. The second-order valence-electron chi connectivity index (χ2n) is 11.3. The van der Waals surface area contributed by atoms with Crippen LogP contribution in [0.1, 0.15) is 68.6 Å². The Bertz CT molecular complexity index is 1350. The van der Waals surface area contributed by atoms with Crippen LogP contribution in [0.5, 0.6) is 0 Å². The minimum Gasteiger partial charge on any atom is -0.383 e. The number of aromatic nitrogens is 2. The van der Waals surface area contributed by atoms with Crippen LogP contribution in [-0.2, 0) is 21.4 Å². The summed E-state index contributed by atoms with van der Waals surface area (Å²) in [6.45, 7) is 9.15. The van der Waals surface area contributed by atoms with E-state index in [0.717, 1.165) is 55.4 Å². The number of piperidine rings is 2. The maximum Gasteiger partial charge on any atom is 0.313 e. The van der Waals surface area contributed by atoms with Crippen molar-refractivity contribution in [3.05, 3.63) is 46.6 Å². The number of likely N-dealkylation sites (tertiary alicyclic amines) is 2. The zero-order chi connectivity index (χ0) is 27.0. The second-order valence-corrected chi connectivity index (χ2v) is 12.4. The van der Waals surface area contributed by atoms with Gasteiger partial charge in [-0.15, -0.1) is 11.3 Å². The van der Waals surface area contributed by atoms with Crippen molar-refractivity contribution in [2.24, 2.45) is 5.92 Å². The smallest absolute Gasteiger partial charge is 0.313 e. The Labute approximate surface area is 228 Å². The molecular formula is C29H38N6O2S. The molecule has 2 aliphatic rings. The fourth-order valence-corrected chi connectivity index (χ4v) is 6.79. The van der Waals surface area contributed by atoms with E-state index in [9.17, 15) is 9.59 Å². The van der Waals surface area contributed by atoms with Crippen molar-refractivity contribution in [3.8, 4) is 0 Å². The normalized spacial score (nSPS) is 21.9. The predicted molar refractivity (Wildman–Crippen MR) is 153 cm³/mol. The first-order valence-electron chi connectivity index (χ1n) is 13.6. The lowest BCUT2D eigenvalue weighted by Crippen LogP contribution is -2.46. The topological polar surface area (TPSA) is 104 Å². The Morgan fingerprint density at radius 3 is 2.71 bits per heavy atom.